The van der Waals surface area contributed by atoms with E-state index in [4.69, 9.17) is 11.6 Å². The first-order valence-corrected chi connectivity index (χ1v) is 8.01. The number of aliphatic carboxylic acids is 1. The van der Waals surface area contributed by atoms with Gasteiger partial charge in [-0.3, -0.25) is 9.59 Å². The van der Waals surface area contributed by atoms with Crippen LogP contribution in [0.15, 0.2) is 18.2 Å². The molecule has 1 aliphatic heterocycles. The number of nitrogens with zero attached hydrogens (tertiary/aromatic N) is 1. The number of rotatable bonds is 4. The summed E-state index contributed by atoms with van der Waals surface area (Å²) >= 11 is 6.08. The Balaban J connectivity index is 2.08. The largest absolute Gasteiger partial charge is 0.481 e. The predicted octanol–water partition coefficient (Wildman–Crippen LogP) is 3.02. The van der Waals surface area contributed by atoms with Crippen molar-refractivity contribution in [1.82, 2.24) is 4.90 Å². The molecular weight excluding hydrogens is 334 g/mol. The Labute approximate surface area is 145 Å². The number of carbonyl (C=O) groups excluding carboxylic acids is 2. The molecule has 3 amide bonds. The molecule has 0 aromatic heterocycles. The third kappa shape index (κ3) is 3.97. The van der Waals surface area contributed by atoms with Crippen LogP contribution in [-0.4, -0.2) is 41.0 Å². The quantitative estimate of drug-likeness (QED) is 0.774. The van der Waals surface area contributed by atoms with E-state index in [0.717, 1.165) is 0 Å². The van der Waals surface area contributed by atoms with Crippen molar-refractivity contribution in [3.05, 3.63) is 23.2 Å². The molecule has 24 heavy (non-hydrogen) atoms. The summed E-state index contributed by atoms with van der Waals surface area (Å²) in [6.45, 7) is 3.85. The highest BCUT2D eigenvalue weighted by Crippen LogP contribution is 2.31. The molecule has 1 unspecified atom stereocenters. The van der Waals surface area contributed by atoms with E-state index in [1.54, 1.807) is 32.0 Å². The van der Waals surface area contributed by atoms with Gasteiger partial charge in [0.25, 0.3) is 0 Å². The first-order chi connectivity index (χ1) is 11.2. The lowest BCUT2D eigenvalue weighted by Gasteiger charge is -2.21. The molecule has 0 saturated carbocycles. The third-order valence-corrected chi connectivity index (χ3v) is 4.42. The van der Waals surface area contributed by atoms with Crippen LogP contribution in [0.3, 0.4) is 0 Å². The van der Waals surface area contributed by atoms with E-state index in [1.807, 2.05) is 0 Å². The minimum absolute atomic E-state index is 0.137. The second-order valence-electron chi connectivity index (χ2n) is 6.06. The first kappa shape index (κ1) is 18.1. The molecule has 1 saturated heterocycles. The number of nitrogens with one attached hydrogen (secondary N) is 2. The van der Waals surface area contributed by atoms with Gasteiger partial charge in [0, 0.05) is 25.2 Å². The number of carboxylic acids is 1. The molecule has 1 aliphatic rings. The van der Waals surface area contributed by atoms with E-state index in [9.17, 15) is 19.5 Å². The second-order valence-corrected chi connectivity index (χ2v) is 6.47. The number of carbonyl (C=O) groups is 3. The van der Waals surface area contributed by atoms with Gasteiger partial charge in [-0.15, -0.1) is 0 Å². The summed E-state index contributed by atoms with van der Waals surface area (Å²) in [5, 5.41) is 14.9. The van der Waals surface area contributed by atoms with Crippen LogP contribution in [0.2, 0.25) is 5.02 Å². The Kier molecular flexibility index (Phi) is 5.33. The van der Waals surface area contributed by atoms with Crippen LogP contribution in [-0.2, 0) is 9.59 Å². The minimum atomic E-state index is -0.932. The topological polar surface area (TPSA) is 98.7 Å². The number of benzene rings is 1. The van der Waals surface area contributed by atoms with E-state index in [2.05, 4.69) is 10.6 Å². The molecule has 7 nitrogen and oxygen atoms in total. The molecule has 0 spiro atoms. The van der Waals surface area contributed by atoms with Crippen molar-refractivity contribution >= 4 is 40.9 Å². The standard InChI is InChI=1S/C16H20ClN3O4/c1-3-13(21)18-10-4-5-11(17)12(8-10)19-15(24)20-7-6-16(2,9-20)14(22)23/h4-5,8H,3,6-7,9H2,1-2H3,(H,18,21)(H,19,24)(H,22,23). The van der Waals surface area contributed by atoms with Gasteiger partial charge in [0.15, 0.2) is 0 Å². The first-order valence-electron chi connectivity index (χ1n) is 7.64. The third-order valence-electron chi connectivity index (χ3n) is 4.09. The van der Waals surface area contributed by atoms with Crippen molar-refractivity contribution < 1.29 is 19.5 Å². The Morgan fingerprint density at radius 1 is 1.33 bits per heavy atom. The van der Waals surface area contributed by atoms with Crippen LogP contribution in [0, 0.1) is 5.41 Å². The summed E-state index contributed by atoms with van der Waals surface area (Å²) in [5.74, 6) is -1.06. The smallest absolute Gasteiger partial charge is 0.321 e. The van der Waals surface area contributed by atoms with Crippen LogP contribution in [0.4, 0.5) is 16.2 Å². The summed E-state index contributed by atoms with van der Waals surface area (Å²) in [7, 11) is 0. The highest BCUT2D eigenvalue weighted by molar-refractivity contribution is 6.33. The van der Waals surface area contributed by atoms with Crippen LogP contribution in [0.5, 0.6) is 0 Å². The van der Waals surface area contributed by atoms with Crippen molar-refractivity contribution in [2.45, 2.75) is 26.7 Å². The van der Waals surface area contributed by atoms with Gasteiger partial charge in [0.2, 0.25) is 5.91 Å². The number of halogens is 1. The minimum Gasteiger partial charge on any atom is -0.481 e. The van der Waals surface area contributed by atoms with Crippen LogP contribution in [0.1, 0.15) is 26.7 Å². The van der Waals surface area contributed by atoms with E-state index in [-0.39, 0.29) is 12.5 Å². The molecular formula is C16H20ClN3O4. The number of carboxylic acid groups (broad SMARTS) is 1. The van der Waals surface area contributed by atoms with Gasteiger partial charge >= 0.3 is 12.0 Å². The van der Waals surface area contributed by atoms with Crippen molar-refractivity contribution in [3.8, 4) is 0 Å². The average molecular weight is 354 g/mol. The lowest BCUT2D eigenvalue weighted by atomic mass is 9.90. The zero-order valence-electron chi connectivity index (χ0n) is 13.6. The maximum Gasteiger partial charge on any atom is 0.321 e. The lowest BCUT2D eigenvalue weighted by Crippen LogP contribution is -2.37. The predicted molar refractivity (Wildman–Crippen MR) is 91.3 cm³/mol. The van der Waals surface area contributed by atoms with Gasteiger partial charge < -0.3 is 20.6 Å². The number of amides is 3. The zero-order valence-corrected chi connectivity index (χ0v) is 14.3. The van der Waals surface area contributed by atoms with Crippen LogP contribution < -0.4 is 10.6 Å². The van der Waals surface area contributed by atoms with Gasteiger partial charge in [-0.2, -0.15) is 0 Å². The molecule has 2 rings (SSSR count). The summed E-state index contributed by atoms with van der Waals surface area (Å²) < 4.78 is 0. The monoisotopic (exact) mass is 353 g/mol. The highest BCUT2D eigenvalue weighted by Gasteiger charge is 2.42. The molecule has 1 aromatic carbocycles. The molecule has 1 fully saturated rings. The Bertz CT molecular complexity index is 679. The zero-order chi connectivity index (χ0) is 17.9. The molecule has 1 heterocycles. The second kappa shape index (κ2) is 7.09. The number of hydrogen-bond donors (Lipinski definition) is 3. The van der Waals surface area contributed by atoms with Crippen LogP contribution >= 0.6 is 11.6 Å². The molecule has 3 N–H and O–H groups in total. The molecule has 8 heteroatoms. The fourth-order valence-electron chi connectivity index (χ4n) is 2.45. The van der Waals surface area contributed by atoms with Crippen LogP contribution in [0.25, 0.3) is 0 Å². The lowest BCUT2D eigenvalue weighted by molar-refractivity contribution is -0.147. The fraction of sp³-hybridized carbons (Fsp3) is 0.438. The van der Waals surface area contributed by atoms with Gasteiger partial charge in [-0.25, -0.2) is 4.79 Å². The maximum atomic E-state index is 12.3. The van der Waals surface area contributed by atoms with Gasteiger partial charge in [0.1, 0.15) is 0 Å². The Morgan fingerprint density at radius 3 is 2.62 bits per heavy atom. The number of hydrogen-bond acceptors (Lipinski definition) is 3. The van der Waals surface area contributed by atoms with Gasteiger partial charge in [0.05, 0.1) is 16.1 Å². The molecule has 1 atom stereocenters. The Hall–Kier alpha value is -2.28. The van der Waals surface area contributed by atoms with E-state index >= 15 is 0 Å². The molecule has 0 aliphatic carbocycles. The fourth-order valence-corrected chi connectivity index (χ4v) is 2.62. The summed E-state index contributed by atoms with van der Waals surface area (Å²) in [6.07, 6.45) is 0.738. The van der Waals surface area contributed by atoms with E-state index in [1.165, 1.54) is 4.90 Å². The van der Waals surface area contributed by atoms with E-state index in [0.29, 0.717) is 35.8 Å². The van der Waals surface area contributed by atoms with Crippen molar-refractivity contribution in [3.63, 3.8) is 0 Å². The van der Waals surface area contributed by atoms with Gasteiger partial charge in [-0.05, 0) is 31.5 Å². The number of urea groups is 1. The molecule has 130 valence electrons. The summed E-state index contributed by atoms with van der Waals surface area (Å²) in [4.78, 5) is 36.5. The average Bonchev–Trinajstić information content (AvgIpc) is 2.94. The van der Waals surface area contributed by atoms with E-state index < -0.39 is 17.4 Å². The van der Waals surface area contributed by atoms with Crippen molar-refractivity contribution in [2.75, 3.05) is 23.7 Å². The SMILES string of the molecule is CCC(=O)Nc1ccc(Cl)c(NC(=O)N2CCC(C)(C(=O)O)C2)c1. The summed E-state index contributed by atoms with van der Waals surface area (Å²) in [5.41, 5.74) is -0.0456. The highest BCUT2D eigenvalue weighted by atomic mass is 35.5. The maximum absolute atomic E-state index is 12.3. The van der Waals surface area contributed by atoms with Gasteiger partial charge in [-0.1, -0.05) is 18.5 Å². The number of anilines is 2. The molecule has 0 bridgehead atoms. The number of likely N-dealkylation sites (tertiary alicyclic amines) is 1. The van der Waals surface area contributed by atoms with Crippen molar-refractivity contribution in [1.29, 1.82) is 0 Å². The van der Waals surface area contributed by atoms with Crippen molar-refractivity contribution in [2.24, 2.45) is 5.41 Å². The summed E-state index contributed by atoms with van der Waals surface area (Å²) in [6, 6.07) is 4.37. The Morgan fingerprint density at radius 2 is 2.04 bits per heavy atom. The normalized spacial score (nSPS) is 19.9. The molecule has 1 aromatic rings. The molecule has 0 radical (unpaired) electrons.